The van der Waals surface area contributed by atoms with Crippen LogP contribution in [0.5, 0.6) is 5.75 Å². The van der Waals surface area contributed by atoms with Gasteiger partial charge in [0, 0.05) is 17.2 Å². The van der Waals surface area contributed by atoms with Gasteiger partial charge in [-0.1, -0.05) is 24.1 Å². The number of carbonyl (C=O) groups excluding carboxylic acids is 1. The molecular formula is C23H21N3O4. The average molecular weight is 403 g/mol. The molecule has 0 atom stereocenters. The number of nitrogens with one attached hydrogen (secondary N) is 1. The van der Waals surface area contributed by atoms with Crippen LogP contribution >= 0.6 is 0 Å². The van der Waals surface area contributed by atoms with Crippen molar-refractivity contribution in [2.75, 3.05) is 7.11 Å². The standard InChI is InChI=1S/C23H21N3O4/c1-28-17-8-4-5-15(11-17)23-25-19(13-29-23)21-18-12-14(9-10-20(18)30-26-21)22(27)24-16-6-2-3-7-16/h4-5,8-13,16H,2-3,6-7H2,1H3,(H,24,27). The minimum Gasteiger partial charge on any atom is -0.497 e. The maximum atomic E-state index is 12.7. The molecule has 0 unspecified atom stereocenters. The van der Waals surface area contributed by atoms with Gasteiger partial charge in [0.15, 0.2) is 5.58 Å². The highest BCUT2D eigenvalue weighted by atomic mass is 16.5. The van der Waals surface area contributed by atoms with Gasteiger partial charge >= 0.3 is 0 Å². The van der Waals surface area contributed by atoms with E-state index in [1.807, 2.05) is 24.3 Å². The third-order valence-corrected chi connectivity index (χ3v) is 5.49. The smallest absolute Gasteiger partial charge is 0.251 e. The van der Waals surface area contributed by atoms with E-state index in [1.165, 1.54) is 19.1 Å². The zero-order valence-electron chi connectivity index (χ0n) is 16.6. The molecule has 1 N–H and O–H groups in total. The fourth-order valence-electron chi connectivity index (χ4n) is 3.87. The predicted octanol–water partition coefficient (Wildman–Crippen LogP) is 4.83. The molecule has 1 saturated carbocycles. The van der Waals surface area contributed by atoms with Crippen LogP contribution in [0.15, 0.2) is 57.7 Å². The van der Waals surface area contributed by atoms with E-state index in [0.717, 1.165) is 29.5 Å². The first kappa shape index (κ1) is 18.4. The normalized spacial score (nSPS) is 14.3. The number of hydrogen-bond donors (Lipinski definition) is 1. The lowest BCUT2D eigenvalue weighted by atomic mass is 10.1. The van der Waals surface area contributed by atoms with Crippen LogP contribution in [0.2, 0.25) is 0 Å². The second-order valence-corrected chi connectivity index (χ2v) is 7.47. The van der Waals surface area contributed by atoms with Crippen LogP contribution < -0.4 is 10.1 Å². The van der Waals surface area contributed by atoms with Crippen LogP contribution in [0.25, 0.3) is 33.8 Å². The molecule has 1 aliphatic rings. The molecule has 1 amide bonds. The summed E-state index contributed by atoms with van der Waals surface area (Å²) in [7, 11) is 1.61. The molecule has 0 saturated heterocycles. The summed E-state index contributed by atoms with van der Waals surface area (Å²) < 4.78 is 16.4. The van der Waals surface area contributed by atoms with E-state index in [1.54, 1.807) is 25.3 Å². The van der Waals surface area contributed by atoms with Crippen LogP contribution in [0.3, 0.4) is 0 Å². The zero-order valence-corrected chi connectivity index (χ0v) is 16.6. The van der Waals surface area contributed by atoms with Gasteiger partial charge in [-0.3, -0.25) is 4.79 Å². The maximum Gasteiger partial charge on any atom is 0.251 e. The van der Waals surface area contributed by atoms with Gasteiger partial charge in [0.2, 0.25) is 5.89 Å². The lowest BCUT2D eigenvalue weighted by molar-refractivity contribution is 0.0938. The molecule has 2 aromatic carbocycles. The Morgan fingerprint density at radius 2 is 2.03 bits per heavy atom. The Balaban J connectivity index is 1.46. The Bertz CT molecular complexity index is 1200. The van der Waals surface area contributed by atoms with Crippen LogP contribution in [0.1, 0.15) is 36.0 Å². The fourth-order valence-corrected chi connectivity index (χ4v) is 3.87. The van der Waals surface area contributed by atoms with Crippen molar-refractivity contribution >= 4 is 16.9 Å². The number of aromatic nitrogens is 2. The minimum atomic E-state index is -0.0758. The second kappa shape index (κ2) is 7.67. The number of fused-ring (bicyclic) bond motifs is 1. The quantitative estimate of drug-likeness (QED) is 0.513. The van der Waals surface area contributed by atoms with Gasteiger partial charge in [0.05, 0.1) is 12.5 Å². The summed E-state index contributed by atoms with van der Waals surface area (Å²) in [5, 5.41) is 7.99. The SMILES string of the molecule is COc1cccc(-c2nc(-c3noc4ccc(C(=O)NC5CCCC5)cc34)co2)c1. The highest BCUT2D eigenvalue weighted by Crippen LogP contribution is 2.31. The van der Waals surface area contributed by atoms with Gasteiger partial charge in [0.25, 0.3) is 5.91 Å². The number of benzene rings is 2. The number of oxazole rings is 1. The summed E-state index contributed by atoms with van der Waals surface area (Å²) in [5.74, 6) is 1.10. The molecule has 1 aliphatic carbocycles. The van der Waals surface area contributed by atoms with Crippen molar-refractivity contribution in [2.45, 2.75) is 31.7 Å². The highest BCUT2D eigenvalue weighted by molar-refractivity contribution is 6.00. The number of rotatable bonds is 5. The fraction of sp³-hybridized carbons (Fsp3) is 0.261. The van der Waals surface area contributed by atoms with Crippen molar-refractivity contribution in [3.8, 4) is 28.6 Å². The molecule has 7 heteroatoms. The monoisotopic (exact) mass is 403 g/mol. The van der Waals surface area contributed by atoms with E-state index in [9.17, 15) is 4.79 Å². The van der Waals surface area contributed by atoms with Crippen molar-refractivity contribution in [2.24, 2.45) is 0 Å². The third kappa shape index (κ3) is 3.43. The number of ether oxygens (including phenoxy) is 1. The Morgan fingerprint density at radius 1 is 1.17 bits per heavy atom. The average Bonchev–Trinajstić information content (AvgIpc) is 3.53. The zero-order chi connectivity index (χ0) is 20.5. The van der Waals surface area contributed by atoms with Crippen LogP contribution in [-0.2, 0) is 0 Å². The first-order chi connectivity index (χ1) is 14.7. The van der Waals surface area contributed by atoms with E-state index in [-0.39, 0.29) is 11.9 Å². The molecule has 2 aromatic heterocycles. The molecule has 0 aliphatic heterocycles. The summed E-state index contributed by atoms with van der Waals surface area (Å²) in [6, 6.07) is 13.0. The first-order valence-corrected chi connectivity index (χ1v) is 10.0. The lowest BCUT2D eigenvalue weighted by Crippen LogP contribution is -2.32. The summed E-state index contributed by atoms with van der Waals surface area (Å²) in [6.07, 6.45) is 5.96. The Kier molecular flexibility index (Phi) is 4.71. The van der Waals surface area contributed by atoms with Crippen molar-refractivity contribution in [3.63, 3.8) is 0 Å². The number of nitrogens with zero attached hydrogens (tertiary/aromatic N) is 2. The van der Waals surface area contributed by atoms with Gasteiger partial charge in [-0.05, 0) is 49.2 Å². The van der Waals surface area contributed by atoms with Crippen molar-refractivity contribution < 1.29 is 18.5 Å². The molecule has 0 spiro atoms. The molecule has 2 heterocycles. The molecular weight excluding hydrogens is 382 g/mol. The lowest BCUT2D eigenvalue weighted by Gasteiger charge is -2.11. The van der Waals surface area contributed by atoms with Crippen molar-refractivity contribution in [1.82, 2.24) is 15.5 Å². The van der Waals surface area contributed by atoms with E-state index < -0.39 is 0 Å². The topological polar surface area (TPSA) is 90.4 Å². The van der Waals surface area contributed by atoms with Gasteiger partial charge in [-0.25, -0.2) is 4.98 Å². The Labute approximate surface area is 173 Å². The summed E-state index contributed by atoms with van der Waals surface area (Å²) >= 11 is 0. The van der Waals surface area contributed by atoms with Crippen LogP contribution in [-0.4, -0.2) is 29.2 Å². The maximum absolute atomic E-state index is 12.7. The molecule has 152 valence electrons. The summed E-state index contributed by atoms with van der Waals surface area (Å²) in [6.45, 7) is 0. The van der Waals surface area contributed by atoms with E-state index in [0.29, 0.717) is 28.4 Å². The summed E-state index contributed by atoms with van der Waals surface area (Å²) in [4.78, 5) is 17.2. The first-order valence-electron chi connectivity index (χ1n) is 10.0. The molecule has 1 fully saturated rings. The van der Waals surface area contributed by atoms with Gasteiger partial charge in [-0.2, -0.15) is 0 Å². The van der Waals surface area contributed by atoms with E-state index >= 15 is 0 Å². The third-order valence-electron chi connectivity index (χ3n) is 5.49. The highest BCUT2D eigenvalue weighted by Gasteiger charge is 2.20. The number of carbonyl (C=O) groups is 1. The van der Waals surface area contributed by atoms with E-state index in [2.05, 4.69) is 15.5 Å². The minimum absolute atomic E-state index is 0.0758. The molecule has 30 heavy (non-hydrogen) atoms. The molecule has 0 bridgehead atoms. The summed E-state index contributed by atoms with van der Waals surface area (Å²) in [5.41, 5.74) is 3.05. The van der Waals surface area contributed by atoms with Crippen LogP contribution in [0.4, 0.5) is 0 Å². The Hall–Kier alpha value is -3.61. The van der Waals surface area contributed by atoms with Crippen LogP contribution in [0, 0.1) is 0 Å². The van der Waals surface area contributed by atoms with Gasteiger partial charge < -0.3 is 19.0 Å². The molecule has 7 nitrogen and oxygen atoms in total. The number of hydrogen-bond acceptors (Lipinski definition) is 6. The molecule has 4 aromatic rings. The molecule has 5 rings (SSSR count). The van der Waals surface area contributed by atoms with E-state index in [4.69, 9.17) is 13.7 Å². The molecule has 0 radical (unpaired) electrons. The number of methoxy groups -OCH3 is 1. The van der Waals surface area contributed by atoms with Gasteiger partial charge in [0.1, 0.15) is 23.4 Å². The van der Waals surface area contributed by atoms with Crippen molar-refractivity contribution in [3.05, 3.63) is 54.3 Å². The largest absolute Gasteiger partial charge is 0.497 e. The van der Waals surface area contributed by atoms with Crippen molar-refractivity contribution in [1.29, 1.82) is 0 Å². The number of amides is 1. The second-order valence-electron chi connectivity index (χ2n) is 7.47. The van der Waals surface area contributed by atoms with Gasteiger partial charge in [-0.15, -0.1) is 0 Å². The predicted molar refractivity (Wildman–Crippen MR) is 111 cm³/mol. The Morgan fingerprint density at radius 3 is 2.87 bits per heavy atom.